The van der Waals surface area contributed by atoms with Gasteiger partial charge in [0.25, 0.3) is 0 Å². The SMILES string of the molecule is Cc1nc(CC(=O)c2ccc3c(c2)CCCN3)cs1. The second kappa shape index (κ2) is 5.13. The number of anilines is 1. The highest BCUT2D eigenvalue weighted by Gasteiger charge is 2.13. The average molecular weight is 272 g/mol. The molecule has 1 aliphatic heterocycles. The summed E-state index contributed by atoms with van der Waals surface area (Å²) in [5.41, 5.74) is 4.11. The van der Waals surface area contributed by atoms with Crippen LogP contribution in [0.15, 0.2) is 23.6 Å². The van der Waals surface area contributed by atoms with E-state index in [4.69, 9.17) is 0 Å². The van der Waals surface area contributed by atoms with Crippen molar-refractivity contribution in [2.75, 3.05) is 11.9 Å². The summed E-state index contributed by atoms with van der Waals surface area (Å²) in [5, 5.41) is 6.34. The first-order valence-electron chi connectivity index (χ1n) is 6.53. The van der Waals surface area contributed by atoms with Gasteiger partial charge in [0.1, 0.15) is 0 Å². The number of rotatable bonds is 3. The molecule has 3 nitrogen and oxygen atoms in total. The third-order valence-electron chi connectivity index (χ3n) is 3.37. The van der Waals surface area contributed by atoms with E-state index in [2.05, 4.69) is 10.3 Å². The minimum atomic E-state index is 0.152. The van der Waals surface area contributed by atoms with Crippen LogP contribution < -0.4 is 5.32 Å². The highest BCUT2D eigenvalue weighted by atomic mass is 32.1. The lowest BCUT2D eigenvalue weighted by Gasteiger charge is -2.18. The fourth-order valence-corrected chi connectivity index (χ4v) is 3.02. The van der Waals surface area contributed by atoms with Gasteiger partial charge in [-0.3, -0.25) is 4.79 Å². The van der Waals surface area contributed by atoms with Crippen LogP contribution in [0.25, 0.3) is 0 Å². The molecule has 0 saturated heterocycles. The Labute approximate surface area is 116 Å². The first kappa shape index (κ1) is 12.4. The smallest absolute Gasteiger partial charge is 0.168 e. The zero-order chi connectivity index (χ0) is 13.2. The van der Waals surface area contributed by atoms with Crippen LogP contribution in [-0.2, 0) is 12.8 Å². The molecule has 2 aromatic rings. The molecular formula is C15H16N2OS. The van der Waals surface area contributed by atoms with E-state index in [9.17, 15) is 4.79 Å². The maximum atomic E-state index is 12.3. The Morgan fingerprint density at radius 1 is 1.47 bits per heavy atom. The largest absolute Gasteiger partial charge is 0.385 e. The molecule has 98 valence electrons. The number of hydrogen-bond donors (Lipinski definition) is 1. The molecule has 0 radical (unpaired) electrons. The minimum Gasteiger partial charge on any atom is -0.385 e. The number of Topliss-reactive ketones (excluding diaryl/α,β-unsaturated/α-hetero) is 1. The third-order valence-corrected chi connectivity index (χ3v) is 4.20. The van der Waals surface area contributed by atoms with Gasteiger partial charge in [0.15, 0.2) is 5.78 Å². The van der Waals surface area contributed by atoms with Crippen LogP contribution in [0.4, 0.5) is 5.69 Å². The molecule has 3 rings (SSSR count). The van der Waals surface area contributed by atoms with Crippen molar-refractivity contribution in [2.24, 2.45) is 0 Å². The number of carbonyl (C=O) groups is 1. The lowest BCUT2D eigenvalue weighted by molar-refractivity contribution is 0.0992. The monoisotopic (exact) mass is 272 g/mol. The summed E-state index contributed by atoms with van der Waals surface area (Å²) in [7, 11) is 0. The molecule has 1 aliphatic rings. The van der Waals surface area contributed by atoms with E-state index in [1.807, 2.05) is 30.5 Å². The Morgan fingerprint density at radius 2 is 2.37 bits per heavy atom. The van der Waals surface area contributed by atoms with Gasteiger partial charge in [0.05, 0.1) is 17.1 Å². The van der Waals surface area contributed by atoms with E-state index in [-0.39, 0.29) is 5.78 Å². The summed E-state index contributed by atoms with van der Waals surface area (Å²) in [6.45, 7) is 2.99. The second-order valence-electron chi connectivity index (χ2n) is 4.86. The second-order valence-corrected chi connectivity index (χ2v) is 5.92. The zero-order valence-corrected chi connectivity index (χ0v) is 11.7. The van der Waals surface area contributed by atoms with Crippen molar-refractivity contribution in [1.29, 1.82) is 0 Å². The van der Waals surface area contributed by atoms with Crippen molar-refractivity contribution in [2.45, 2.75) is 26.2 Å². The van der Waals surface area contributed by atoms with Crippen LogP contribution in [0.3, 0.4) is 0 Å². The number of thiazole rings is 1. The maximum absolute atomic E-state index is 12.3. The summed E-state index contributed by atoms with van der Waals surface area (Å²) >= 11 is 1.59. The van der Waals surface area contributed by atoms with Crippen molar-refractivity contribution >= 4 is 22.8 Å². The van der Waals surface area contributed by atoms with E-state index in [0.29, 0.717) is 6.42 Å². The first-order chi connectivity index (χ1) is 9.22. The summed E-state index contributed by atoms with van der Waals surface area (Å²) in [6.07, 6.45) is 2.59. The molecule has 0 unspecified atom stereocenters. The van der Waals surface area contributed by atoms with E-state index in [1.165, 1.54) is 11.3 Å². The molecule has 4 heteroatoms. The fourth-order valence-electron chi connectivity index (χ4n) is 2.40. The number of nitrogens with zero attached hydrogens (tertiary/aromatic N) is 1. The molecule has 0 fully saturated rings. The summed E-state index contributed by atoms with van der Waals surface area (Å²) in [6, 6.07) is 5.97. The molecule has 1 aromatic carbocycles. The molecular weight excluding hydrogens is 256 g/mol. The summed E-state index contributed by atoms with van der Waals surface area (Å²) in [4.78, 5) is 16.6. The molecule has 1 N–H and O–H groups in total. The van der Waals surface area contributed by atoms with E-state index in [1.54, 1.807) is 11.3 Å². The molecule has 0 aliphatic carbocycles. The average Bonchev–Trinajstić information content (AvgIpc) is 2.83. The van der Waals surface area contributed by atoms with Gasteiger partial charge in [-0.25, -0.2) is 4.98 Å². The molecule has 0 bridgehead atoms. The van der Waals surface area contributed by atoms with Crippen molar-refractivity contribution in [3.63, 3.8) is 0 Å². The van der Waals surface area contributed by atoms with E-state index in [0.717, 1.165) is 35.7 Å². The lowest BCUT2D eigenvalue weighted by Crippen LogP contribution is -2.13. The predicted molar refractivity (Wildman–Crippen MR) is 78.1 cm³/mol. The maximum Gasteiger partial charge on any atom is 0.168 e. The first-order valence-corrected chi connectivity index (χ1v) is 7.41. The molecule has 0 amide bonds. The quantitative estimate of drug-likeness (QED) is 0.872. The van der Waals surface area contributed by atoms with Crippen LogP contribution in [0.1, 0.15) is 33.0 Å². The fraction of sp³-hybridized carbons (Fsp3) is 0.333. The third kappa shape index (κ3) is 2.68. The number of benzene rings is 1. The molecule has 2 heterocycles. The molecule has 19 heavy (non-hydrogen) atoms. The highest BCUT2D eigenvalue weighted by Crippen LogP contribution is 2.23. The Bertz CT molecular complexity index is 618. The van der Waals surface area contributed by atoms with Crippen molar-refractivity contribution < 1.29 is 4.79 Å². The number of fused-ring (bicyclic) bond motifs is 1. The number of aryl methyl sites for hydroxylation is 2. The molecule has 0 spiro atoms. The molecule has 0 atom stereocenters. The van der Waals surface area contributed by atoms with Gasteiger partial charge in [-0.1, -0.05) is 0 Å². The summed E-state index contributed by atoms with van der Waals surface area (Å²) in [5.74, 6) is 0.152. The van der Waals surface area contributed by atoms with Gasteiger partial charge < -0.3 is 5.32 Å². The van der Waals surface area contributed by atoms with Gasteiger partial charge in [-0.15, -0.1) is 11.3 Å². The van der Waals surface area contributed by atoms with Crippen LogP contribution >= 0.6 is 11.3 Å². The number of hydrogen-bond acceptors (Lipinski definition) is 4. The molecule has 1 aromatic heterocycles. The Kier molecular flexibility index (Phi) is 3.34. The Hall–Kier alpha value is -1.68. The normalized spacial score (nSPS) is 13.7. The lowest BCUT2D eigenvalue weighted by atomic mass is 9.98. The van der Waals surface area contributed by atoms with E-state index < -0.39 is 0 Å². The van der Waals surface area contributed by atoms with Crippen LogP contribution in [0.5, 0.6) is 0 Å². The highest BCUT2D eigenvalue weighted by molar-refractivity contribution is 7.09. The Morgan fingerprint density at radius 3 is 3.16 bits per heavy atom. The van der Waals surface area contributed by atoms with Crippen molar-refractivity contribution in [3.8, 4) is 0 Å². The topological polar surface area (TPSA) is 42.0 Å². The van der Waals surface area contributed by atoms with E-state index >= 15 is 0 Å². The number of carbonyl (C=O) groups excluding carboxylic acids is 1. The minimum absolute atomic E-state index is 0.152. The van der Waals surface area contributed by atoms with Gasteiger partial charge in [0, 0.05) is 23.2 Å². The van der Waals surface area contributed by atoms with Gasteiger partial charge in [0.2, 0.25) is 0 Å². The van der Waals surface area contributed by atoms with Gasteiger partial charge in [-0.2, -0.15) is 0 Å². The van der Waals surface area contributed by atoms with Crippen LogP contribution in [-0.4, -0.2) is 17.3 Å². The number of nitrogens with one attached hydrogen (secondary N) is 1. The summed E-state index contributed by atoms with van der Waals surface area (Å²) < 4.78 is 0. The Balaban J connectivity index is 1.80. The standard InChI is InChI=1S/C15H16N2OS/c1-10-17-13(9-19-10)8-15(18)12-4-5-14-11(7-12)3-2-6-16-14/h4-5,7,9,16H,2-3,6,8H2,1H3. The van der Waals surface area contributed by atoms with Gasteiger partial charge in [-0.05, 0) is 43.5 Å². The molecule has 0 saturated carbocycles. The van der Waals surface area contributed by atoms with Crippen LogP contribution in [0, 0.1) is 6.92 Å². The van der Waals surface area contributed by atoms with Crippen LogP contribution in [0.2, 0.25) is 0 Å². The number of aromatic nitrogens is 1. The predicted octanol–water partition coefficient (Wildman–Crippen LogP) is 3.24. The van der Waals surface area contributed by atoms with Gasteiger partial charge >= 0.3 is 0 Å². The number of ketones is 1. The van der Waals surface area contributed by atoms with Crippen molar-refractivity contribution in [1.82, 2.24) is 4.98 Å². The van der Waals surface area contributed by atoms with Crippen molar-refractivity contribution in [3.05, 3.63) is 45.4 Å². The zero-order valence-electron chi connectivity index (χ0n) is 10.9.